The minimum absolute atomic E-state index is 0.101. The van der Waals surface area contributed by atoms with E-state index < -0.39 is 5.92 Å². The Hall–Kier alpha value is -2.06. The largest absolute Gasteiger partial charge is 0.508 e. The number of nitriles is 1. The quantitative estimate of drug-likeness (QED) is 0.811. The normalized spacial score (nSPS) is 32.4. The number of carbonyl (C=O) groups is 1. The minimum Gasteiger partial charge on any atom is -0.508 e. The number of carbonyl (C=O) groups excluding carboxylic acids is 1. The van der Waals surface area contributed by atoms with E-state index in [0.717, 1.165) is 18.4 Å². The van der Waals surface area contributed by atoms with E-state index in [1.165, 1.54) is 0 Å². The van der Waals surface area contributed by atoms with Crippen LogP contribution < -0.4 is 0 Å². The maximum absolute atomic E-state index is 12.2. The lowest BCUT2D eigenvalue weighted by Crippen LogP contribution is -2.59. The Balaban J connectivity index is 1.83. The van der Waals surface area contributed by atoms with Crippen molar-refractivity contribution in [3.8, 4) is 11.8 Å². The highest BCUT2D eigenvalue weighted by Crippen LogP contribution is 2.44. The predicted octanol–water partition coefficient (Wildman–Crippen LogP) is 1.72. The molecule has 1 saturated heterocycles. The van der Waals surface area contributed by atoms with Crippen LogP contribution in [0.25, 0.3) is 0 Å². The van der Waals surface area contributed by atoms with Crippen molar-refractivity contribution in [2.45, 2.75) is 43.9 Å². The third-order valence-electron chi connectivity index (χ3n) is 4.57. The molecule has 2 fully saturated rings. The number of aliphatic hydroxyl groups is 1. The average Bonchev–Trinajstić information content (AvgIpc) is 2.48. The fourth-order valence-electron chi connectivity index (χ4n) is 3.41. The SMILES string of the molecule is N#C[C@H]1C(=O)N(C2CCC(O)CC2)[C@@H]1c1ccc(O)cc1. The Labute approximate surface area is 123 Å². The molecule has 0 radical (unpaired) electrons. The Kier molecular flexibility index (Phi) is 3.56. The van der Waals surface area contributed by atoms with E-state index in [4.69, 9.17) is 0 Å². The highest BCUT2D eigenvalue weighted by atomic mass is 16.3. The highest BCUT2D eigenvalue weighted by molar-refractivity contribution is 5.89. The molecule has 0 bridgehead atoms. The maximum atomic E-state index is 12.2. The molecule has 5 heteroatoms. The second-order valence-electron chi connectivity index (χ2n) is 5.85. The second-order valence-corrected chi connectivity index (χ2v) is 5.85. The molecule has 21 heavy (non-hydrogen) atoms. The van der Waals surface area contributed by atoms with Gasteiger partial charge in [-0.1, -0.05) is 12.1 Å². The summed E-state index contributed by atoms with van der Waals surface area (Å²) in [6.07, 6.45) is 2.69. The molecule has 0 spiro atoms. The number of hydrogen-bond donors (Lipinski definition) is 2. The van der Waals surface area contributed by atoms with Crippen molar-refractivity contribution in [2.75, 3.05) is 0 Å². The number of amides is 1. The van der Waals surface area contributed by atoms with Gasteiger partial charge in [-0.2, -0.15) is 5.26 Å². The second kappa shape index (κ2) is 5.38. The van der Waals surface area contributed by atoms with Gasteiger partial charge in [-0.25, -0.2) is 0 Å². The molecule has 1 saturated carbocycles. The average molecular weight is 286 g/mol. The summed E-state index contributed by atoms with van der Waals surface area (Å²) in [5, 5.41) is 28.2. The van der Waals surface area contributed by atoms with Gasteiger partial charge in [0.1, 0.15) is 11.7 Å². The monoisotopic (exact) mass is 286 g/mol. The van der Waals surface area contributed by atoms with Gasteiger partial charge in [-0.15, -0.1) is 0 Å². The summed E-state index contributed by atoms with van der Waals surface area (Å²) >= 11 is 0. The standard InChI is InChI=1S/C16H18N2O3/c17-9-14-15(10-1-5-12(19)6-2-10)18(16(14)21)11-3-7-13(20)8-4-11/h1-2,5-6,11,13-15,19-20H,3-4,7-8H2/t11?,13?,14-,15-/m1/s1. The number of phenols is 1. The van der Waals surface area contributed by atoms with Crippen molar-refractivity contribution in [3.63, 3.8) is 0 Å². The van der Waals surface area contributed by atoms with Crippen LogP contribution >= 0.6 is 0 Å². The molecule has 5 nitrogen and oxygen atoms in total. The summed E-state index contributed by atoms with van der Waals surface area (Å²) in [6, 6.07) is 8.65. The van der Waals surface area contributed by atoms with E-state index in [0.29, 0.717) is 12.8 Å². The van der Waals surface area contributed by atoms with Crippen molar-refractivity contribution in [1.82, 2.24) is 4.90 Å². The van der Waals surface area contributed by atoms with E-state index in [-0.39, 0.29) is 29.8 Å². The van der Waals surface area contributed by atoms with Gasteiger partial charge in [-0.3, -0.25) is 4.79 Å². The summed E-state index contributed by atoms with van der Waals surface area (Å²) in [5.41, 5.74) is 0.880. The lowest BCUT2D eigenvalue weighted by molar-refractivity contribution is -0.159. The Bertz CT molecular complexity index is 570. The molecule has 3 rings (SSSR count). The maximum Gasteiger partial charge on any atom is 0.243 e. The zero-order valence-corrected chi connectivity index (χ0v) is 11.6. The van der Waals surface area contributed by atoms with Gasteiger partial charge in [0, 0.05) is 6.04 Å². The molecule has 1 aliphatic carbocycles. The summed E-state index contributed by atoms with van der Waals surface area (Å²) in [5.74, 6) is -0.580. The number of phenolic OH excluding ortho intramolecular Hbond substituents is 1. The zero-order valence-electron chi connectivity index (χ0n) is 11.6. The number of aliphatic hydroxyl groups excluding tert-OH is 1. The van der Waals surface area contributed by atoms with E-state index >= 15 is 0 Å². The van der Waals surface area contributed by atoms with Gasteiger partial charge >= 0.3 is 0 Å². The first-order valence-corrected chi connectivity index (χ1v) is 7.30. The van der Waals surface area contributed by atoms with Crippen LogP contribution in [0.15, 0.2) is 24.3 Å². The smallest absolute Gasteiger partial charge is 0.243 e. The summed E-state index contributed by atoms with van der Waals surface area (Å²) in [6.45, 7) is 0. The molecular formula is C16H18N2O3. The molecule has 2 atom stereocenters. The fourth-order valence-corrected chi connectivity index (χ4v) is 3.41. The topological polar surface area (TPSA) is 84.6 Å². The molecule has 2 N–H and O–H groups in total. The first-order valence-electron chi connectivity index (χ1n) is 7.30. The van der Waals surface area contributed by atoms with Gasteiger partial charge in [0.05, 0.1) is 18.2 Å². The number of hydrogen-bond acceptors (Lipinski definition) is 4. The molecule has 0 aromatic heterocycles. The van der Waals surface area contributed by atoms with Crippen molar-refractivity contribution >= 4 is 5.91 Å². The highest BCUT2D eigenvalue weighted by Gasteiger charge is 2.51. The van der Waals surface area contributed by atoms with Crippen LogP contribution in [0.5, 0.6) is 5.75 Å². The van der Waals surface area contributed by atoms with Gasteiger partial charge in [-0.05, 0) is 43.4 Å². The summed E-state index contributed by atoms with van der Waals surface area (Å²) in [7, 11) is 0. The van der Waals surface area contributed by atoms with Crippen molar-refractivity contribution in [2.24, 2.45) is 5.92 Å². The van der Waals surface area contributed by atoms with Crippen LogP contribution in [0.1, 0.15) is 37.3 Å². The van der Waals surface area contributed by atoms with Crippen LogP contribution in [0, 0.1) is 17.2 Å². The number of rotatable bonds is 2. The van der Waals surface area contributed by atoms with E-state index in [2.05, 4.69) is 6.07 Å². The predicted molar refractivity (Wildman–Crippen MR) is 75.1 cm³/mol. The first kappa shape index (κ1) is 13.9. The van der Waals surface area contributed by atoms with E-state index in [9.17, 15) is 20.3 Å². The van der Waals surface area contributed by atoms with Crippen molar-refractivity contribution in [1.29, 1.82) is 5.26 Å². The zero-order chi connectivity index (χ0) is 15.0. The molecule has 1 amide bonds. The number of benzene rings is 1. The van der Waals surface area contributed by atoms with Crippen LogP contribution in [0.3, 0.4) is 0 Å². The number of β-lactam (4-membered cyclic amide) rings is 1. The Morgan fingerprint density at radius 3 is 2.33 bits per heavy atom. The molecule has 1 aromatic rings. The lowest BCUT2D eigenvalue weighted by atomic mass is 9.79. The van der Waals surface area contributed by atoms with Gasteiger partial charge in [0.2, 0.25) is 5.91 Å². The number of likely N-dealkylation sites (tertiary alicyclic amines) is 1. The van der Waals surface area contributed by atoms with Gasteiger partial charge in [0.15, 0.2) is 0 Å². The van der Waals surface area contributed by atoms with E-state index in [1.807, 2.05) is 0 Å². The molecule has 1 aromatic carbocycles. The third-order valence-corrected chi connectivity index (χ3v) is 4.57. The third kappa shape index (κ3) is 2.36. The molecule has 1 heterocycles. The minimum atomic E-state index is -0.638. The van der Waals surface area contributed by atoms with Crippen molar-refractivity contribution < 1.29 is 15.0 Å². The Morgan fingerprint density at radius 1 is 1.14 bits per heavy atom. The lowest BCUT2D eigenvalue weighted by Gasteiger charge is -2.50. The van der Waals surface area contributed by atoms with Gasteiger partial charge < -0.3 is 15.1 Å². The van der Waals surface area contributed by atoms with Crippen LogP contribution in [-0.2, 0) is 4.79 Å². The van der Waals surface area contributed by atoms with Crippen molar-refractivity contribution in [3.05, 3.63) is 29.8 Å². The molecule has 1 aliphatic heterocycles. The van der Waals surface area contributed by atoms with Gasteiger partial charge in [0.25, 0.3) is 0 Å². The molecule has 110 valence electrons. The molecule has 0 unspecified atom stereocenters. The number of nitrogens with zero attached hydrogens (tertiary/aromatic N) is 2. The summed E-state index contributed by atoms with van der Waals surface area (Å²) < 4.78 is 0. The Morgan fingerprint density at radius 2 is 1.76 bits per heavy atom. The molecular weight excluding hydrogens is 268 g/mol. The van der Waals surface area contributed by atoms with E-state index in [1.54, 1.807) is 29.2 Å². The molecule has 2 aliphatic rings. The van der Waals surface area contributed by atoms with Crippen LogP contribution in [0.2, 0.25) is 0 Å². The van der Waals surface area contributed by atoms with Crippen LogP contribution in [-0.4, -0.2) is 33.2 Å². The van der Waals surface area contributed by atoms with Crippen LogP contribution in [0.4, 0.5) is 0 Å². The number of aromatic hydroxyl groups is 1. The summed E-state index contributed by atoms with van der Waals surface area (Å²) in [4.78, 5) is 14.0. The fraction of sp³-hybridized carbons (Fsp3) is 0.500. The first-order chi connectivity index (χ1) is 10.1.